The van der Waals surface area contributed by atoms with Gasteiger partial charge in [0.25, 0.3) is 0 Å². The quantitative estimate of drug-likeness (QED) is 0.523. The molecule has 1 aliphatic heterocycles. The van der Waals surface area contributed by atoms with Gasteiger partial charge in [-0.15, -0.1) is 0 Å². The lowest BCUT2D eigenvalue weighted by atomic mass is 9.90. The molecule has 30 heavy (non-hydrogen) atoms. The molecule has 8 heteroatoms. The van der Waals surface area contributed by atoms with Crippen molar-refractivity contribution in [1.29, 1.82) is 0 Å². The van der Waals surface area contributed by atoms with E-state index in [1.165, 1.54) is 31.4 Å². The zero-order chi connectivity index (χ0) is 21.9. The van der Waals surface area contributed by atoms with Crippen LogP contribution in [0, 0.1) is 5.92 Å². The van der Waals surface area contributed by atoms with Crippen LogP contribution in [-0.2, 0) is 16.1 Å². The number of carbonyl (C=O) groups excluding carboxylic acids is 2. The zero-order valence-electron chi connectivity index (χ0n) is 16.2. The Bertz CT molecular complexity index is 926. The first-order valence-electron chi connectivity index (χ1n) is 9.12. The summed E-state index contributed by atoms with van der Waals surface area (Å²) in [6.45, 7) is 3.21. The molecule has 0 aliphatic carbocycles. The van der Waals surface area contributed by atoms with E-state index in [0.717, 1.165) is 10.5 Å². The van der Waals surface area contributed by atoms with E-state index in [9.17, 15) is 22.8 Å². The fraction of sp³-hybridized carbons (Fsp3) is 0.273. The van der Waals surface area contributed by atoms with E-state index < -0.39 is 30.2 Å². The van der Waals surface area contributed by atoms with Gasteiger partial charge >= 0.3 is 18.2 Å². The summed E-state index contributed by atoms with van der Waals surface area (Å²) >= 11 is 0. The van der Waals surface area contributed by atoms with Gasteiger partial charge in [0.15, 0.2) is 0 Å². The summed E-state index contributed by atoms with van der Waals surface area (Å²) in [4.78, 5) is 25.3. The molecule has 158 valence electrons. The fourth-order valence-corrected chi connectivity index (χ4v) is 3.52. The lowest BCUT2D eigenvalue weighted by Crippen LogP contribution is -2.36. The first-order chi connectivity index (χ1) is 14.2. The molecule has 1 aliphatic rings. The van der Waals surface area contributed by atoms with Crippen molar-refractivity contribution in [3.63, 3.8) is 0 Å². The fourth-order valence-electron chi connectivity index (χ4n) is 3.52. The number of halogens is 3. The molecule has 0 unspecified atom stereocenters. The monoisotopic (exact) mass is 419 g/mol. The second-order valence-electron chi connectivity index (χ2n) is 6.90. The average Bonchev–Trinajstić information content (AvgIpc) is 3.10. The van der Waals surface area contributed by atoms with Crippen molar-refractivity contribution in [2.45, 2.75) is 18.8 Å². The van der Waals surface area contributed by atoms with Crippen molar-refractivity contribution < 1.29 is 32.2 Å². The van der Waals surface area contributed by atoms with Crippen molar-refractivity contribution in [2.24, 2.45) is 5.92 Å². The summed E-state index contributed by atoms with van der Waals surface area (Å²) in [6, 6.07) is 13.0. The number of hydrogen-bond acceptors (Lipinski definition) is 4. The molecule has 0 bridgehead atoms. The molecule has 0 saturated carbocycles. The second kappa shape index (κ2) is 8.61. The lowest BCUT2D eigenvalue weighted by molar-refractivity contribution is -0.171. The Labute approximate surface area is 171 Å². The standard InChI is InChI=1S/C22H20F3NO4/c1-14-12-26(21(28)30-13-15-6-4-3-5-7-15)19(18(14)22(23,24)25)16-8-10-17(11-9-16)20(27)29-2/h3-11,18-19H,1,12-13H2,2H3/t18-,19-/m0/s1. The van der Waals surface area contributed by atoms with Gasteiger partial charge in [0, 0.05) is 6.54 Å². The second-order valence-corrected chi connectivity index (χ2v) is 6.90. The smallest absolute Gasteiger partial charge is 0.410 e. The van der Waals surface area contributed by atoms with Crippen LogP contribution in [0.5, 0.6) is 0 Å². The number of benzene rings is 2. The Hall–Kier alpha value is -3.29. The Morgan fingerprint density at radius 3 is 2.30 bits per heavy atom. The van der Waals surface area contributed by atoms with Crippen molar-refractivity contribution >= 4 is 12.1 Å². The maximum atomic E-state index is 13.8. The Morgan fingerprint density at radius 1 is 1.10 bits per heavy atom. The third kappa shape index (κ3) is 4.48. The number of hydrogen-bond donors (Lipinski definition) is 0. The predicted octanol–water partition coefficient (Wildman–Crippen LogP) is 4.90. The summed E-state index contributed by atoms with van der Waals surface area (Å²) in [5, 5.41) is 0. The summed E-state index contributed by atoms with van der Waals surface area (Å²) < 4.78 is 51.2. The number of ether oxygens (including phenoxy) is 2. The number of carbonyl (C=O) groups is 2. The molecule has 2 aromatic carbocycles. The number of nitrogens with zero attached hydrogens (tertiary/aromatic N) is 1. The average molecular weight is 419 g/mol. The van der Waals surface area contributed by atoms with Crippen LogP contribution in [0.4, 0.5) is 18.0 Å². The molecule has 1 fully saturated rings. The number of likely N-dealkylation sites (tertiary alicyclic amines) is 1. The number of alkyl halides is 3. The molecule has 2 atom stereocenters. The largest absolute Gasteiger partial charge is 0.465 e. The summed E-state index contributed by atoms with van der Waals surface area (Å²) in [5.74, 6) is -2.55. The van der Waals surface area contributed by atoms with Crippen molar-refractivity contribution in [2.75, 3.05) is 13.7 Å². The van der Waals surface area contributed by atoms with Gasteiger partial charge < -0.3 is 9.47 Å². The van der Waals surface area contributed by atoms with Crippen molar-refractivity contribution in [1.82, 2.24) is 4.90 Å². The first-order valence-corrected chi connectivity index (χ1v) is 9.12. The summed E-state index contributed by atoms with van der Waals surface area (Å²) in [5.41, 5.74) is 1.01. The minimum Gasteiger partial charge on any atom is -0.465 e. The van der Waals surface area contributed by atoms with Gasteiger partial charge in [-0.2, -0.15) is 13.2 Å². The highest BCUT2D eigenvalue weighted by Crippen LogP contribution is 2.48. The third-order valence-corrected chi connectivity index (χ3v) is 4.93. The summed E-state index contributed by atoms with van der Waals surface area (Å²) in [7, 11) is 1.21. The zero-order valence-corrected chi connectivity index (χ0v) is 16.2. The van der Waals surface area contributed by atoms with Gasteiger partial charge in [0.05, 0.1) is 18.7 Å². The van der Waals surface area contributed by atoms with Crippen molar-refractivity contribution in [3.05, 3.63) is 83.4 Å². The lowest BCUT2D eigenvalue weighted by Gasteiger charge is -2.29. The third-order valence-electron chi connectivity index (χ3n) is 4.93. The highest BCUT2D eigenvalue weighted by molar-refractivity contribution is 5.89. The van der Waals surface area contributed by atoms with Crippen LogP contribution in [-0.4, -0.2) is 36.8 Å². The molecule has 2 aromatic rings. The molecule has 0 spiro atoms. The highest BCUT2D eigenvalue weighted by Gasteiger charge is 2.54. The Balaban J connectivity index is 1.88. The molecule has 1 heterocycles. The van der Waals surface area contributed by atoms with Crippen LogP contribution in [0.15, 0.2) is 66.7 Å². The van der Waals surface area contributed by atoms with Crippen LogP contribution in [0.3, 0.4) is 0 Å². The van der Waals surface area contributed by atoms with E-state index in [0.29, 0.717) is 0 Å². The maximum absolute atomic E-state index is 13.8. The molecule has 5 nitrogen and oxygen atoms in total. The van der Waals surface area contributed by atoms with Gasteiger partial charge in [-0.25, -0.2) is 9.59 Å². The highest BCUT2D eigenvalue weighted by atomic mass is 19.4. The number of rotatable bonds is 4. The van der Waals surface area contributed by atoms with Gasteiger partial charge in [0.2, 0.25) is 0 Å². The van der Waals surface area contributed by atoms with Gasteiger partial charge in [-0.1, -0.05) is 49.0 Å². The van der Waals surface area contributed by atoms with E-state index >= 15 is 0 Å². The number of esters is 1. The molecule has 1 amide bonds. The Morgan fingerprint density at radius 2 is 1.73 bits per heavy atom. The minimum absolute atomic E-state index is 0.0622. The minimum atomic E-state index is -4.60. The van der Waals surface area contributed by atoms with Crippen molar-refractivity contribution in [3.8, 4) is 0 Å². The van der Waals surface area contributed by atoms with Gasteiger partial charge in [-0.3, -0.25) is 4.90 Å². The van der Waals surface area contributed by atoms with E-state index in [1.807, 2.05) is 0 Å². The number of amides is 1. The molecule has 0 radical (unpaired) electrons. The number of methoxy groups -OCH3 is 1. The van der Waals surface area contributed by atoms with Crippen LogP contribution < -0.4 is 0 Å². The SMILES string of the molecule is C=C1CN(C(=O)OCc2ccccc2)[C@@H](c2ccc(C(=O)OC)cc2)[C@H]1C(F)(F)F. The molecule has 0 aromatic heterocycles. The van der Waals surface area contributed by atoms with Crippen LogP contribution in [0.2, 0.25) is 0 Å². The van der Waals surface area contributed by atoms with Gasteiger partial charge in [-0.05, 0) is 28.8 Å². The topological polar surface area (TPSA) is 55.8 Å². The van der Waals surface area contributed by atoms with E-state index in [2.05, 4.69) is 11.3 Å². The van der Waals surface area contributed by atoms with Crippen LogP contribution in [0.25, 0.3) is 0 Å². The van der Waals surface area contributed by atoms with E-state index in [-0.39, 0.29) is 29.9 Å². The normalized spacial score (nSPS) is 18.9. The molecule has 0 N–H and O–H groups in total. The molecule has 1 saturated heterocycles. The van der Waals surface area contributed by atoms with Crippen LogP contribution >= 0.6 is 0 Å². The van der Waals surface area contributed by atoms with E-state index in [1.54, 1.807) is 30.3 Å². The Kier molecular flexibility index (Phi) is 6.14. The first kappa shape index (κ1) is 21.4. The van der Waals surface area contributed by atoms with E-state index in [4.69, 9.17) is 4.74 Å². The molecular formula is C22H20F3NO4. The summed E-state index contributed by atoms with van der Waals surface area (Å²) in [6.07, 6.45) is -5.47. The van der Waals surface area contributed by atoms with Crippen LogP contribution in [0.1, 0.15) is 27.5 Å². The molecular weight excluding hydrogens is 399 g/mol. The predicted molar refractivity (Wildman–Crippen MR) is 103 cm³/mol. The maximum Gasteiger partial charge on any atom is 0.410 e. The van der Waals surface area contributed by atoms with Gasteiger partial charge in [0.1, 0.15) is 12.5 Å². The molecule has 3 rings (SSSR count).